The van der Waals surface area contributed by atoms with Crippen molar-refractivity contribution in [1.29, 1.82) is 0 Å². The van der Waals surface area contributed by atoms with Crippen LogP contribution >= 0.6 is 0 Å². The van der Waals surface area contributed by atoms with Crippen molar-refractivity contribution >= 4 is 47.6 Å². The van der Waals surface area contributed by atoms with Crippen molar-refractivity contribution in [1.82, 2.24) is 26.6 Å². The summed E-state index contributed by atoms with van der Waals surface area (Å²) in [6.07, 6.45) is 21.8. The van der Waals surface area contributed by atoms with E-state index in [0.29, 0.717) is 99.8 Å². The van der Waals surface area contributed by atoms with Crippen molar-refractivity contribution in [3.8, 4) is 42.8 Å². The molecule has 0 fully saturated rings. The van der Waals surface area contributed by atoms with Crippen molar-refractivity contribution < 1.29 is 63.5 Å². The Balaban J connectivity index is 2.18. The molecule has 1 aromatic rings. The van der Waals surface area contributed by atoms with Crippen LogP contribution in [0.1, 0.15) is 126 Å². The Morgan fingerprint density at radius 3 is 1.41 bits per heavy atom. The minimum Gasteiger partial charge on any atom is -0.491 e. The first-order valence-electron chi connectivity index (χ1n) is 20.1. The van der Waals surface area contributed by atoms with Gasteiger partial charge < -0.3 is 51.7 Å². The van der Waals surface area contributed by atoms with E-state index in [1.54, 1.807) is 12.1 Å². The Morgan fingerprint density at radius 2 is 0.967 bits per heavy atom. The summed E-state index contributed by atoms with van der Waals surface area (Å²) in [7, 11) is 0. The molecule has 0 bridgehead atoms. The van der Waals surface area contributed by atoms with Crippen LogP contribution in [0.5, 0.6) is 5.75 Å². The molecule has 18 heteroatoms. The number of amides is 5. The second kappa shape index (κ2) is 30.3. The highest BCUT2D eigenvalue weighted by atomic mass is 16.5. The molecule has 3 unspecified atom stereocenters. The molecule has 61 heavy (non-hydrogen) atoms. The third-order valence-electron chi connectivity index (χ3n) is 9.14. The van der Waals surface area contributed by atoms with Gasteiger partial charge in [-0.3, -0.25) is 19.2 Å². The van der Waals surface area contributed by atoms with Crippen molar-refractivity contribution in [3.05, 3.63) is 28.8 Å². The molecule has 0 spiro atoms. The number of aliphatic carboxylic acids is 4. The minimum atomic E-state index is -1.51. The summed E-state index contributed by atoms with van der Waals surface area (Å²) in [5.41, 5.74) is 1.47. The van der Waals surface area contributed by atoms with E-state index < -0.39 is 54.5 Å². The van der Waals surface area contributed by atoms with E-state index in [1.165, 1.54) is 0 Å². The summed E-state index contributed by atoms with van der Waals surface area (Å²) in [5, 5.41) is 49.1. The van der Waals surface area contributed by atoms with Crippen LogP contribution in [-0.2, 0) is 33.6 Å². The fourth-order valence-corrected chi connectivity index (χ4v) is 5.81. The molecule has 0 aliphatic heterocycles. The highest BCUT2D eigenvalue weighted by Crippen LogP contribution is 2.25. The number of urea groups is 1. The first-order valence-corrected chi connectivity index (χ1v) is 20.1. The number of unbranched alkanes of at least 4 members (excludes halogenated alkanes) is 6. The number of terminal acetylenes is 3. The molecule has 1 aromatic carbocycles. The van der Waals surface area contributed by atoms with E-state index in [0.717, 1.165) is 0 Å². The third-order valence-corrected chi connectivity index (χ3v) is 9.14. The highest BCUT2D eigenvalue weighted by molar-refractivity contribution is 5.86. The van der Waals surface area contributed by atoms with Gasteiger partial charge in [-0.15, -0.1) is 19.3 Å². The quantitative estimate of drug-likeness (QED) is 0.0373. The van der Waals surface area contributed by atoms with Gasteiger partial charge in [0, 0.05) is 44.3 Å². The summed E-state index contributed by atoms with van der Waals surface area (Å²) < 4.78 is 5.79. The lowest BCUT2D eigenvalue weighted by Gasteiger charge is -2.18. The maximum absolute atomic E-state index is 12.4. The Labute approximate surface area is 355 Å². The number of carboxylic acids is 4. The van der Waals surface area contributed by atoms with Gasteiger partial charge in [-0.25, -0.2) is 19.2 Å². The van der Waals surface area contributed by atoms with Crippen LogP contribution in [0.2, 0.25) is 0 Å². The number of carbonyl (C=O) groups excluding carboxylic acids is 4. The zero-order chi connectivity index (χ0) is 45.6. The van der Waals surface area contributed by atoms with Crippen LogP contribution in [0, 0.1) is 37.0 Å². The van der Waals surface area contributed by atoms with Crippen LogP contribution in [0.4, 0.5) is 4.79 Å². The number of hydrogen-bond donors (Lipinski definition) is 9. The maximum atomic E-state index is 12.4. The number of nitrogens with one attached hydrogen (secondary N) is 5. The summed E-state index contributed by atoms with van der Waals surface area (Å²) >= 11 is 0. The Morgan fingerprint density at radius 1 is 0.525 bits per heavy atom. The van der Waals surface area contributed by atoms with Crippen LogP contribution in [-0.4, -0.2) is 106 Å². The molecule has 1 rings (SSSR count). The average Bonchev–Trinajstić information content (AvgIpc) is 3.21. The first kappa shape index (κ1) is 52.3. The number of rotatable bonds is 32. The molecule has 0 aliphatic rings. The van der Waals surface area contributed by atoms with Crippen molar-refractivity contribution in [2.75, 3.05) is 19.7 Å². The van der Waals surface area contributed by atoms with Gasteiger partial charge in [0.1, 0.15) is 18.1 Å². The summed E-state index contributed by atoms with van der Waals surface area (Å²) in [4.78, 5) is 94.1. The number of hydrogen-bond acceptors (Lipinski definition) is 9. The van der Waals surface area contributed by atoms with Crippen LogP contribution in [0.25, 0.3) is 0 Å². The van der Waals surface area contributed by atoms with Crippen LogP contribution < -0.4 is 31.3 Å². The van der Waals surface area contributed by atoms with Gasteiger partial charge in [-0.2, -0.15) is 0 Å². The van der Waals surface area contributed by atoms with E-state index >= 15 is 0 Å². The fraction of sp³-hybridized carbons (Fsp3) is 0.535. The lowest BCUT2D eigenvalue weighted by Crippen LogP contribution is -2.51. The van der Waals surface area contributed by atoms with Gasteiger partial charge in [0.2, 0.25) is 17.7 Å². The number of carboxylic acid groups (broad SMARTS) is 4. The van der Waals surface area contributed by atoms with Gasteiger partial charge in [-0.1, -0.05) is 30.6 Å². The van der Waals surface area contributed by atoms with E-state index in [4.69, 9.17) is 34.2 Å². The maximum Gasteiger partial charge on any atom is 0.326 e. The molecular weight excluding hydrogens is 794 g/mol. The molecule has 9 N–H and O–H groups in total. The largest absolute Gasteiger partial charge is 0.491 e. The molecule has 0 heterocycles. The summed E-state index contributed by atoms with van der Waals surface area (Å²) in [5.74, 6) is 2.00. The van der Waals surface area contributed by atoms with Gasteiger partial charge in [0.25, 0.3) is 0 Å². The second-order valence-electron chi connectivity index (χ2n) is 14.0. The number of benzene rings is 1. The van der Waals surface area contributed by atoms with Crippen molar-refractivity contribution in [3.63, 3.8) is 0 Å². The van der Waals surface area contributed by atoms with Crippen molar-refractivity contribution in [2.45, 2.75) is 127 Å². The molecular formula is C43H57N5O13. The molecule has 0 aromatic heterocycles. The lowest BCUT2D eigenvalue weighted by molar-refractivity contribution is -0.142. The SMILES string of the molecule is C#Cc1cc(C#C)c(OCCCCC(=O)NCCCCC(NC(=O)CCCCCCC(=O)NCCCCC(NC(=O)NC(CCC(=O)O)C(=O)O)C(=O)O)C(=O)O)c(C#C)c1. The van der Waals surface area contributed by atoms with Gasteiger partial charge in [-0.05, 0) is 82.8 Å². The zero-order valence-electron chi connectivity index (χ0n) is 34.2. The Kier molecular flexibility index (Phi) is 26.0. The third kappa shape index (κ3) is 23.4. The molecule has 18 nitrogen and oxygen atoms in total. The average molecular weight is 852 g/mol. The monoisotopic (exact) mass is 851 g/mol. The van der Waals surface area contributed by atoms with E-state index in [1.807, 2.05) is 0 Å². The van der Waals surface area contributed by atoms with Gasteiger partial charge in [0.15, 0.2) is 5.75 Å². The molecule has 0 radical (unpaired) electrons. The normalized spacial score (nSPS) is 11.8. The Bertz CT molecular complexity index is 1760. The number of carbonyl (C=O) groups is 8. The van der Waals surface area contributed by atoms with Gasteiger partial charge in [0.05, 0.1) is 17.7 Å². The molecule has 332 valence electrons. The molecule has 0 saturated heterocycles. The van der Waals surface area contributed by atoms with Gasteiger partial charge >= 0.3 is 29.9 Å². The van der Waals surface area contributed by atoms with E-state index in [9.17, 15) is 48.6 Å². The predicted molar refractivity (Wildman–Crippen MR) is 222 cm³/mol. The molecule has 0 aliphatic carbocycles. The van der Waals surface area contributed by atoms with Crippen LogP contribution in [0.15, 0.2) is 12.1 Å². The van der Waals surface area contributed by atoms with Crippen molar-refractivity contribution in [2.24, 2.45) is 0 Å². The highest BCUT2D eigenvalue weighted by Gasteiger charge is 2.25. The number of ether oxygens (including phenoxy) is 1. The first-order chi connectivity index (χ1) is 29.1. The molecule has 5 amide bonds. The second-order valence-corrected chi connectivity index (χ2v) is 14.0. The standard InChI is InChI=1S/C43H57N5O13/c1-4-29-27-30(5-2)39(31(6-3)28-29)61-26-16-13-20-36(50)45-24-14-11-17-32(40(54)55)46-37(51)21-10-8-7-9-19-35(49)44-25-15-12-18-33(41(56)57)47-43(60)48-34(42(58)59)22-23-38(52)53/h1-3,27-28,32-34H,7-26H2,(H,44,49)(H,45,50)(H,46,51)(H,52,53)(H,54,55)(H,56,57)(H,58,59)(H2,47,48,60). The Hall–Kier alpha value is -6.74. The topological polar surface area (TPSA) is 287 Å². The summed E-state index contributed by atoms with van der Waals surface area (Å²) in [6.45, 7) is 0.924. The smallest absolute Gasteiger partial charge is 0.326 e. The van der Waals surface area contributed by atoms with E-state index in [-0.39, 0.29) is 62.8 Å². The minimum absolute atomic E-state index is 0.00336. The molecule has 0 saturated carbocycles. The summed E-state index contributed by atoms with van der Waals surface area (Å²) in [6, 6.07) is -1.67. The van der Waals surface area contributed by atoms with Crippen LogP contribution in [0.3, 0.4) is 0 Å². The predicted octanol–water partition coefficient (Wildman–Crippen LogP) is 2.73. The van der Waals surface area contributed by atoms with E-state index in [2.05, 4.69) is 44.3 Å². The zero-order valence-corrected chi connectivity index (χ0v) is 34.2. The fourth-order valence-electron chi connectivity index (χ4n) is 5.81. The lowest BCUT2D eigenvalue weighted by atomic mass is 10.0. The molecule has 3 atom stereocenters.